The lowest BCUT2D eigenvalue weighted by Gasteiger charge is -2.07. The van der Waals surface area contributed by atoms with E-state index in [1.54, 1.807) is 19.2 Å². The van der Waals surface area contributed by atoms with Crippen LogP contribution in [0.15, 0.2) is 59.6 Å². The summed E-state index contributed by atoms with van der Waals surface area (Å²) in [5.74, 6) is 1.05. The van der Waals surface area contributed by atoms with Crippen molar-refractivity contribution in [2.45, 2.75) is 6.42 Å². The Morgan fingerprint density at radius 2 is 1.80 bits per heavy atom. The molecule has 134 valence electrons. The van der Waals surface area contributed by atoms with E-state index in [9.17, 15) is 4.79 Å². The maximum Gasteiger partial charge on any atom is 0.251 e. The number of rotatable bonds is 7. The van der Waals surface area contributed by atoms with E-state index in [0.717, 1.165) is 11.4 Å². The minimum atomic E-state index is -0.0797. The highest BCUT2D eigenvalue weighted by atomic mass is 127. The molecule has 0 bridgehead atoms. The van der Waals surface area contributed by atoms with Crippen molar-refractivity contribution in [2.75, 3.05) is 25.5 Å². The summed E-state index contributed by atoms with van der Waals surface area (Å²) in [6.07, 6.45) is 0.712. The van der Waals surface area contributed by atoms with Crippen LogP contribution in [-0.2, 0) is 0 Å². The smallest absolute Gasteiger partial charge is 0.251 e. The Bertz CT molecular complexity index is 675. The summed E-state index contributed by atoms with van der Waals surface area (Å²) in [7, 11) is 1.62. The molecule has 25 heavy (non-hydrogen) atoms. The molecule has 0 unspecified atom stereocenters. The largest absolute Gasteiger partial charge is 0.497 e. The van der Waals surface area contributed by atoms with Gasteiger partial charge in [-0.2, -0.15) is 0 Å². The normalized spacial score (nSPS) is 10.5. The van der Waals surface area contributed by atoms with E-state index in [1.165, 1.54) is 0 Å². The lowest BCUT2D eigenvalue weighted by molar-refractivity contribution is 0.0953. The molecule has 4 N–H and O–H groups in total. The maximum absolute atomic E-state index is 11.8. The second-order valence-corrected chi connectivity index (χ2v) is 5.10. The number of carbonyl (C=O) groups is 1. The Balaban J connectivity index is 0.00000312. The molecule has 0 radical (unpaired) electrons. The van der Waals surface area contributed by atoms with Gasteiger partial charge < -0.3 is 21.1 Å². The molecule has 2 aromatic carbocycles. The van der Waals surface area contributed by atoms with Crippen molar-refractivity contribution in [3.63, 3.8) is 0 Å². The predicted molar refractivity (Wildman–Crippen MR) is 112 cm³/mol. The number of hydrogen-bond donors (Lipinski definition) is 3. The molecule has 2 rings (SSSR count). The van der Waals surface area contributed by atoms with Gasteiger partial charge in [0.1, 0.15) is 5.75 Å². The average Bonchev–Trinajstić information content (AvgIpc) is 2.62. The van der Waals surface area contributed by atoms with Gasteiger partial charge >= 0.3 is 0 Å². The second-order valence-electron chi connectivity index (χ2n) is 5.10. The van der Waals surface area contributed by atoms with Gasteiger partial charge in [-0.3, -0.25) is 9.79 Å². The zero-order valence-corrected chi connectivity index (χ0v) is 16.4. The van der Waals surface area contributed by atoms with Gasteiger partial charge in [-0.05, 0) is 42.8 Å². The topological polar surface area (TPSA) is 88.7 Å². The van der Waals surface area contributed by atoms with Crippen molar-refractivity contribution in [2.24, 2.45) is 10.7 Å². The zero-order chi connectivity index (χ0) is 17.2. The van der Waals surface area contributed by atoms with Crippen LogP contribution in [0.3, 0.4) is 0 Å². The fraction of sp³-hybridized carbons (Fsp3) is 0.222. The summed E-state index contributed by atoms with van der Waals surface area (Å²) in [6.45, 7) is 1.08. The summed E-state index contributed by atoms with van der Waals surface area (Å²) in [4.78, 5) is 16.1. The first-order valence-electron chi connectivity index (χ1n) is 7.73. The third-order valence-corrected chi connectivity index (χ3v) is 3.30. The molecule has 0 saturated heterocycles. The van der Waals surface area contributed by atoms with Crippen molar-refractivity contribution in [3.8, 4) is 5.75 Å². The first-order chi connectivity index (χ1) is 11.7. The number of benzene rings is 2. The zero-order valence-electron chi connectivity index (χ0n) is 14.1. The van der Waals surface area contributed by atoms with E-state index in [2.05, 4.69) is 15.6 Å². The number of halogens is 1. The highest BCUT2D eigenvalue weighted by molar-refractivity contribution is 14.0. The first-order valence-corrected chi connectivity index (χ1v) is 7.73. The van der Waals surface area contributed by atoms with Crippen molar-refractivity contribution < 1.29 is 9.53 Å². The average molecular weight is 454 g/mol. The quantitative estimate of drug-likeness (QED) is 0.260. The summed E-state index contributed by atoms with van der Waals surface area (Å²) < 4.78 is 5.09. The van der Waals surface area contributed by atoms with Crippen LogP contribution in [0.5, 0.6) is 5.75 Å². The number of nitrogens with zero attached hydrogens (tertiary/aromatic N) is 1. The molecule has 0 fully saturated rings. The Kier molecular flexibility index (Phi) is 9.38. The number of hydrogen-bond acceptors (Lipinski definition) is 3. The van der Waals surface area contributed by atoms with Gasteiger partial charge in [0.15, 0.2) is 5.96 Å². The van der Waals surface area contributed by atoms with E-state index in [0.29, 0.717) is 31.0 Å². The second kappa shape index (κ2) is 11.3. The van der Waals surface area contributed by atoms with Crippen LogP contribution in [0.2, 0.25) is 0 Å². The number of guanidine groups is 1. The number of ether oxygens (including phenoxy) is 1. The van der Waals surface area contributed by atoms with E-state index >= 15 is 0 Å². The van der Waals surface area contributed by atoms with E-state index in [4.69, 9.17) is 10.5 Å². The van der Waals surface area contributed by atoms with Crippen LogP contribution >= 0.6 is 24.0 Å². The number of anilines is 1. The van der Waals surface area contributed by atoms with Crippen LogP contribution in [0.4, 0.5) is 5.69 Å². The van der Waals surface area contributed by atoms with Gasteiger partial charge in [0.05, 0.1) is 7.11 Å². The highest BCUT2D eigenvalue weighted by Crippen LogP contribution is 2.14. The molecular weight excluding hydrogens is 431 g/mol. The molecule has 0 saturated carbocycles. The van der Waals surface area contributed by atoms with Crippen molar-refractivity contribution in [1.29, 1.82) is 0 Å². The van der Waals surface area contributed by atoms with Crippen molar-refractivity contribution >= 4 is 41.5 Å². The number of aliphatic imine (C=N–C) groups is 1. The molecule has 1 amide bonds. The Hall–Kier alpha value is -2.29. The third kappa shape index (κ3) is 7.42. The Labute approximate surface area is 164 Å². The molecular formula is C18H23IN4O2. The molecule has 0 aliphatic rings. The Morgan fingerprint density at radius 3 is 2.44 bits per heavy atom. The van der Waals surface area contributed by atoms with Gasteiger partial charge in [-0.1, -0.05) is 18.2 Å². The lowest BCUT2D eigenvalue weighted by Crippen LogP contribution is -2.26. The van der Waals surface area contributed by atoms with Crippen LogP contribution in [0.1, 0.15) is 16.8 Å². The first kappa shape index (κ1) is 20.8. The summed E-state index contributed by atoms with van der Waals surface area (Å²) >= 11 is 0. The number of methoxy groups -OCH3 is 1. The number of amides is 1. The number of nitrogens with two attached hydrogens (primary N) is 1. The number of nitrogens with one attached hydrogen (secondary N) is 2. The van der Waals surface area contributed by atoms with E-state index in [-0.39, 0.29) is 29.9 Å². The molecule has 0 aromatic heterocycles. The van der Waals surface area contributed by atoms with Crippen LogP contribution in [0.25, 0.3) is 0 Å². The summed E-state index contributed by atoms with van der Waals surface area (Å²) in [5, 5.41) is 5.86. The Morgan fingerprint density at radius 1 is 1.12 bits per heavy atom. The van der Waals surface area contributed by atoms with E-state index in [1.807, 2.05) is 42.5 Å². The maximum atomic E-state index is 11.8. The van der Waals surface area contributed by atoms with Crippen molar-refractivity contribution in [3.05, 3.63) is 60.2 Å². The van der Waals surface area contributed by atoms with Crippen LogP contribution < -0.4 is 21.1 Å². The minimum Gasteiger partial charge on any atom is -0.497 e. The molecule has 7 heteroatoms. The molecule has 6 nitrogen and oxygen atoms in total. The predicted octanol–water partition coefficient (Wildman–Crippen LogP) is 2.86. The standard InChI is InChI=1S/C18H22N4O2.HI/c1-24-16-10-8-15(9-11-16)22-18(19)21-13-5-12-20-17(23)14-6-3-2-4-7-14;/h2-4,6-11H,5,12-13H2,1H3,(H,20,23)(H3,19,21,22);1H. The van der Waals surface area contributed by atoms with Crippen LogP contribution in [0, 0.1) is 0 Å². The fourth-order valence-electron chi connectivity index (χ4n) is 2.03. The summed E-state index contributed by atoms with van der Waals surface area (Å²) in [5.41, 5.74) is 7.33. The third-order valence-electron chi connectivity index (χ3n) is 3.30. The van der Waals surface area contributed by atoms with Gasteiger partial charge in [0.25, 0.3) is 5.91 Å². The molecule has 0 atom stereocenters. The lowest BCUT2D eigenvalue weighted by atomic mass is 10.2. The van der Waals surface area contributed by atoms with Crippen LogP contribution in [-0.4, -0.2) is 32.1 Å². The van der Waals surface area contributed by atoms with Gasteiger partial charge in [-0.15, -0.1) is 24.0 Å². The molecule has 0 heterocycles. The van der Waals surface area contributed by atoms with Gasteiger partial charge in [-0.25, -0.2) is 0 Å². The minimum absolute atomic E-state index is 0. The molecule has 0 aliphatic carbocycles. The van der Waals surface area contributed by atoms with E-state index < -0.39 is 0 Å². The number of carbonyl (C=O) groups excluding carboxylic acids is 1. The molecule has 0 spiro atoms. The monoisotopic (exact) mass is 454 g/mol. The van der Waals surface area contributed by atoms with Gasteiger partial charge in [0.2, 0.25) is 0 Å². The fourth-order valence-corrected chi connectivity index (χ4v) is 2.03. The summed E-state index contributed by atoms with van der Waals surface area (Å²) in [6, 6.07) is 16.5. The van der Waals surface area contributed by atoms with Crippen molar-refractivity contribution in [1.82, 2.24) is 5.32 Å². The SMILES string of the molecule is COc1ccc(NC(N)=NCCCNC(=O)c2ccccc2)cc1.I. The van der Waals surface area contributed by atoms with Gasteiger partial charge in [0, 0.05) is 24.3 Å². The molecule has 0 aliphatic heterocycles. The highest BCUT2D eigenvalue weighted by Gasteiger charge is 2.02. The molecule has 2 aromatic rings.